The van der Waals surface area contributed by atoms with E-state index >= 15 is 0 Å². The summed E-state index contributed by atoms with van der Waals surface area (Å²) in [6.45, 7) is 10.4. The summed E-state index contributed by atoms with van der Waals surface area (Å²) in [5, 5.41) is 20.2. The molecule has 0 radical (unpaired) electrons. The van der Waals surface area contributed by atoms with Gasteiger partial charge in [-0.3, -0.25) is 4.79 Å². The van der Waals surface area contributed by atoms with E-state index in [1.807, 2.05) is 6.92 Å². The predicted octanol–water partition coefficient (Wildman–Crippen LogP) is 5.30. The molecular formula is C26H38O3. The molecule has 0 amide bonds. The Morgan fingerprint density at radius 2 is 1.93 bits per heavy atom. The van der Waals surface area contributed by atoms with E-state index in [9.17, 15) is 15.0 Å². The van der Waals surface area contributed by atoms with Gasteiger partial charge in [0, 0.05) is 6.42 Å². The summed E-state index contributed by atoms with van der Waals surface area (Å²) in [6.07, 6.45) is 14.9. The van der Waals surface area contributed by atoms with Crippen molar-refractivity contribution >= 4 is 5.78 Å². The van der Waals surface area contributed by atoms with Gasteiger partial charge in [0.2, 0.25) is 0 Å². The average Bonchev–Trinajstić information content (AvgIpc) is 3.05. The van der Waals surface area contributed by atoms with Crippen LogP contribution in [-0.2, 0) is 4.79 Å². The summed E-state index contributed by atoms with van der Waals surface area (Å²) in [7, 11) is 0. The molecule has 3 rings (SSSR count). The normalized spacial score (nSPS) is 37.8. The maximum atomic E-state index is 11.7. The van der Waals surface area contributed by atoms with Crippen molar-refractivity contribution in [2.45, 2.75) is 84.3 Å². The number of fused-ring (bicyclic) bond motifs is 1. The summed E-state index contributed by atoms with van der Waals surface area (Å²) in [5.41, 5.74) is 3.48. The van der Waals surface area contributed by atoms with Gasteiger partial charge >= 0.3 is 0 Å². The zero-order valence-electron chi connectivity index (χ0n) is 18.4. The summed E-state index contributed by atoms with van der Waals surface area (Å²) in [5.74, 6) is 1.86. The smallest absolute Gasteiger partial charge is 0.155 e. The molecule has 0 bridgehead atoms. The highest BCUT2D eigenvalue weighted by Gasteiger charge is 2.50. The largest absolute Gasteiger partial charge is 0.388 e. The van der Waals surface area contributed by atoms with Crippen LogP contribution in [0, 0.1) is 23.2 Å². The minimum absolute atomic E-state index is 0.215. The zero-order chi connectivity index (χ0) is 21.2. The molecule has 0 spiro atoms. The third-order valence-corrected chi connectivity index (χ3v) is 7.91. The van der Waals surface area contributed by atoms with E-state index in [4.69, 9.17) is 0 Å². The van der Waals surface area contributed by atoms with E-state index in [-0.39, 0.29) is 5.78 Å². The highest BCUT2D eigenvalue weighted by molar-refractivity contribution is 5.89. The van der Waals surface area contributed by atoms with E-state index in [1.165, 1.54) is 31.3 Å². The molecule has 3 heteroatoms. The number of ketones is 1. The molecule has 0 aromatic carbocycles. The molecular weight excluding hydrogens is 360 g/mol. The van der Waals surface area contributed by atoms with E-state index < -0.39 is 12.2 Å². The summed E-state index contributed by atoms with van der Waals surface area (Å²) in [4.78, 5) is 11.7. The van der Waals surface area contributed by atoms with Crippen LogP contribution in [0.4, 0.5) is 0 Å². The summed E-state index contributed by atoms with van der Waals surface area (Å²) < 4.78 is 0. The molecule has 160 valence electrons. The Kier molecular flexibility index (Phi) is 7.01. The predicted molar refractivity (Wildman–Crippen MR) is 118 cm³/mol. The van der Waals surface area contributed by atoms with E-state index in [0.717, 1.165) is 12.0 Å². The number of carbonyl (C=O) groups is 1. The molecule has 3 saturated carbocycles. The number of aliphatic hydroxyl groups excluding tert-OH is 2. The SMILES string of the molecule is C=C1[C@H](O)CC(=C/C=C2\CCC[C@]3(C)C([C@@H](C)/C=C/C(=O)CC)CC[C@@H]23)C[C@H]1O. The zero-order valence-corrected chi connectivity index (χ0v) is 18.4. The molecule has 0 heterocycles. The lowest BCUT2D eigenvalue weighted by Crippen LogP contribution is -2.35. The Balaban J connectivity index is 1.75. The lowest BCUT2D eigenvalue weighted by Gasteiger charge is -2.44. The minimum Gasteiger partial charge on any atom is -0.388 e. The molecule has 3 aliphatic rings. The fourth-order valence-corrected chi connectivity index (χ4v) is 6.08. The summed E-state index contributed by atoms with van der Waals surface area (Å²) in [6, 6.07) is 0. The van der Waals surface area contributed by atoms with Gasteiger partial charge in [-0.1, -0.05) is 56.7 Å². The van der Waals surface area contributed by atoms with E-state index in [2.05, 4.69) is 38.7 Å². The van der Waals surface area contributed by atoms with Crippen molar-refractivity contribution in [3.05, 3.63) is 47.6 Å². The highest BCUT2D eigenvalue weighted by atomic mass is 16.3. The van der Waals surface area contributed by atoms with Gasteiger partial charge in [-0.25, -0.2) is 0 Å². The van der Waals surface area contributed by atoms with Crippen LogP contribution in [-0.4, -0.2) is 28.2 Å². The van der Waals surface area contributed by atoms with Crippen molar-refractivity contribution < 1.29 is 15.0 Å². The topological polar surface area (TPSA) is 57.5 Å². The first-order valence-corrected chi connectivity index (χ1v) is 11.4. The molecule has 6 atom stereocenters. The van der Waals surface area contributed by atoms with Gasteiger partial charge in [0.25, 0.3) is 0 Å². The lowest BCUT2D eigenvalue weighted by atomic mass is 9.61. The molecule has 3 aliphatic carbocycles. The van der Waals surface area contributed by atoms with Crippen molar-refractivity contribution in [2.75, 3.05) is 0 Å². The van der Waals surface area contributed by atoms with E-state index in [1.54, 1.807) is 6.08 Å². The van der Waals surface area contributed by atoms with Crippen LogP contribution >= 0.6 is 0 Å². The quantitative estimate of drug-likeness (QED) is 0.488. The molecule has 0 aromatic rings. The first-order valence-electron chi connectivity index (χ1n) is 11.4. The van der Waals surface area contributed by atoms with Crippen molar-refractivity contribution in [2.24, 2.45) is 23.2 Å². The van der Waals surface area contributed by atoms with Crippen LogP contribution in [0.5, 0.6) is 0 Å². The fraction of sp³-hybridized carbons (Fsp3) is 0.654. The lowest BCUT2D eigenvalue weighted by molar-refractivity contribution is -0.114. The van der Waals surface area contributed by atoms with Gasteiger partial charge in [-0.2, -0.15) is 0 Å². The second-order valence-corrected chi connectivity index (χ2v) is 9.72. The first-order chi connectivity index (χ1) is 13.8. The van der Waals surface area contributed by atoms with Crippen LogP contribution in [0.25, 0.3) is 0 Å². The number of aliphatic hydroxyl groups is 2. The Morgan fingerprint density at radius 1 is 1.24 bits per heavy atom. The van der Waals surface area contributed by atoms with Crippen molar-refractivity contribution in [3.8, 4) is 0 Å². The van der Waals surface area contributed by atoms with E-state index in [0.29, 0.717) is 48.0 Å². The number of hydrogen-bond acceptors (Lipinski definition) is 3. The van der Waals surface area contributed by atoms with Crippen molar-refractivity contribution in [1.29, 1.82) is 0 Å². The van der Waals surface area contributed by atoms with Gasteiger partial charge in [-0.15, -0.1) is 0 Å². The van der Waals surface area contributed by atoms with Gasteiger partial charge in [0.05, 0.1) is 12.2 Å². The standard InChI is InChI=1S/C26H38O3/c1-5-21(27)11-8-17(2)22-12-13-23-20(7-6-14-26(22,23)4)10-9-19-15-24(28)18(3)25(29)16-19/h8-11,17,22-25,28-29H,3,5-7,12-16H2,1-2,4H3/b11-8+,20-10+/t17-,22?,23-,24+,25+,26+/m0/s1. The van der Waals surface area contributed by atoms with Crippen molar-refractivity contribution in [3.63, 3.8) is 0 Å². The van der Waals surface area contributed by atoms with Gasteiger partial charge in [-0.05, 0) is 79.8 Å². The van der Waals surface area contributed by atoms with Gasteiger partial charge in [0.15, 0.2) is 5.78 Å². The third-order valence-electron chi connectivity index (χ3n) is 7.91. The first kappa shape index (κ1) is 22.2. The molecule has 29 heavy (non-hydrogen) atoms. The maximum Gasteiger partial charge on any atom is 0.155 e. The van der Waals surface area contributed by atoms with Crippen LogP contribution < -0.4 is 0 Å². The Bertz CT molecular complexity index is 712. The molecule has 1 unspecified atom stereocenters. The van der Waals surface area contributed by atoms with Crippen LogP contribution in [0.2, 0.25) is 0 Å². The molecule has 3 fully saturated rings. The number of hydrogen-bond donors (Lipinski definition) is 2. The third kappa shape index (κ3) is 4.67. The Labute approximate surface area is 176 Å². The van der Waals surface area contributed by atoms with Crippen LogP contribution in [0.3, 0.4) is 0 Å². The number of rotatable bonds is 5. The average molecular weight is 399 g/mol. The molecule has 0 aromatic heterocycles. The van der Waals surface area contributed by atoms with Gasteiger partial charge < -0.3 is 10.2 Å². The molecule has 0 saturated heterocycles. The molecule has 2 N–H and O–H groups in total. The van der Waals surface area contributed by atoms with Crippen molar-refractivity contribution in [1.82, 2.24) is 0 Å². The highest BCUT2D eigenvalue weighted by Crippen LogP contribution is 2.59. The Morgan fingerprint density at radius 3 is 2.59 bits per heavy atom. The second-order valence-electron chi connectivity index (χ2n) is 9.72. The van der Waals surface area contributed by atoms with Crippen LogP contribution in [0.1, 0.15) is 72.1 Å². The van der Waals surface area contributed by atoms with Gasteiger partial charge in [0.1, 0.15) is 0 Å². The monoisotopic (exact) mass is 398 g/mol. The maximum absolute atomic E-state index is 11.7. The molecule has 3 nitrogen and oxygen atoms in total. The fourth-order valence-electron chi connectivity index (χ4n) is 6.08. The number of allylic oxidation sites excluding steroid dienone is 5. The summed E-state index contributed by atoms with van der Waals surface area (Å²) >= 11 is 0. The Hall–Kier alpha value is -1.45. The number of carbonyl (C=O) groups excluding carboxylic acids is 1. The minimum atomic E-state index is -0.630. The van der Waals surface area contributed by atoms with Crippen LogP contribution in [0.15, 0.2) is 47.6 Å². The molecule has 0 aliphatic heterocycles. The second kappa shape index (κ2) is 9.14.